The third-order valence-corrected chi connectivity index (χ3v) is 4.64. The third-order valence-electron chi connectivity index (χ3n) is 3.69. The van der Waals surface area contributed by atoms with Gasteiger partial charge in [-0.2, -0.15) is 0 Å². The molecule has 0 bridgehead atoms. The number of para-hydroxylation sites is 1. The van der Waals surface area contributed by atoms with E-state index in [0.29, 0.717) is 10.9 Å². The number of rotatable bonds is 4. The van der Waals surface area contributed by atoms with Crippen molar-refractivity contribution in [2.45, 2.75) is 39.3 Å². The summed E-state index contributed by atoms with van der Waals surface area (Å²) < 4.78 is 0. The van der Waals surface area contributed by atoms with E-state index in [1.165, 1.54) is 0 Å². The van der Waals surface area contributed by atoms with Crippen molar-refractivity contribution >= 4 is 28.5 Å². The van der Waals surface area contributed by atoms with Gasteiger partial charge >= 0.3 is 0 Å². The number of fused-ring (bicyclic) bond motifs is 2. The quantitative estimate of drug-likeness (QED) is 0.854. The molecule has 116 valence electrons. The van der Waals surface area contributed by atoms with Crippen molar-refractivity contribution in [3.63, 3.8) is 0 Å². The van der Waals surface area contributed by atoms with Crippen molar-refractivity contribution < 1.29 is 4.79 Å². The predicted octanol–water partition coefficient (Wildman–Crippen LogP) is 1.40. The zero-order valence-electron chi connectivity index (χ0n) is 12.9. The Morgan fingerprint density at radius 2 is 2.14 bits per heavy atom. The molecule has 1 aromatic carbocycles. The van der Waals surface area contributed by atoms with E-state index >= 15 is 0 Å². The predicted molar refractivity (Wildman–Crippen MR) is 89.5 cm³/mol. The molecule has 5 nitrogen and oxygen atoms in total. The number of hydrogen-bond donors (Lipinski definition) is 1. The summed E-state index contributed by atoms with van der Waals surface area (Å²) in [6, 6.07) is 7.75. The van der Waals surface area contributed by atoms with E-state index in [-0.39, 0.29) is 12.1 Å². The average Bonchev–Trinajstić information content (AvgIpc) is 2.54. The maximum absolute atomic E-state index is 12.6. The summed E-state index contributed by atoms with van der Waals surface area (Å²) in [5, 5.41) is 11.7. The first-order valence-electron chi connectivity index (χ1n) is 7.73. The monoisotopic (exact) mass is 316 g/mol. The molecule has 0 fully saturated rings. The third kappa shape index (κ3) is 2.75. The normalized spacial score (nSPS) is 19.8. The van der Waals surface area contributed by atoms with Gasteiger partial charge in [0.15, 0.2) is 5.17 Å². The van der Waals surface area contributed by atoms with Crippen molar-refractivity contribution in [3.05, 3.63) is 34.8 Å². The SMILES string of the molecule is CCCCSC1=NN2C(=c3ccccc3=NC2CC)C(=O)N1. The summed E-state index contributed by atoms with van der Waals surface area (Å²) in [7, 11) is 0. The number of benzene rings is 1. The molecule has 3 rings (SSSR count). The number of thioether (sulfide) groups is 1. The fourth-order valence-electron chi connectivity index (χ4n) is 2.54. The zero-order chi connectivity index (χ0) is 15.5. The van der Waals surface area contributed by atoms with Crippen molar-refractivity contribution in [2.24, 2.45) is 10.1 Å². The lowest BCUT2D eigenvalue weighted by Gasteiger charge is -2.33. The molecule has 2 aliphatic heterocycles. The minimum Gasteiger partial charge on any atom is -0.298 e. The number of nitrogens with zero attached hydrogens (tertiary/aromatic N) is 3. The van der Waals surface area contributed by atoms with E-state index < -0.39 is 0 Å². The van der Waals surface area contributed by atoms with Gasteiger partial charge in [-0.15, -0.1) is 5.10 Å². The highest BCUT2D eigenvalue weighted by molar-refractivity contribution is 8.13. The summed E-state index contributed by atoms with van der Waals surface area (Å²) in [4.78, 5) is 17.3. The molecule has 1 atom stereocenters. The van der Waals surface area contributed by atoms with Crippen LogP contribution in [0.4, 0.5) is 0 Å². The number of carbonyl (C=O) groups is 1. The van der Waals surface area contributed by atoms with Crippen LogP contribution in [0, 0.1) is 0 Å². The van der Waals surface area contributed by atoms with Crippen LogP contribution in [0.1, 0.15) is 33.1 Å². The number of amides is 1. The number of nitrogens with one attached hydrogen (secondary N) is 1. The molecular weight excluding hydrogens is 296 g/mol. The molecule has 0 aromatic heterocycles. The summed E-state index contributed by atoms with van der Waals surface area (Å²) in [6.07, 6.45) is 2.94. The van der Waals surface area contributed by atoms with Gasteiger partial charge in [0.25, 0.3) is 5.91 Å². The smallest absolute Gasteiger partial charge is 0.276 e. The van der Waals surface area contributed by atoms with Crippen LogP contribution >= 0.6 is 11.8 Å². The number of carbonyl (C=O) groups excluding carboxylic acids is 1. The second kappa shape index (κ2) is 6.52. The van der Waals surface area contributed by atoms with Crippen LogP contribution in [-0.4, -0.2) is 28.0 Å². The lowest BCUT2D eigenvalue weighted by atomic mass is 10.1. The van der Waals surface area contributed by atoms with E-state index in [1.807, 2.05) is 24.3 Å². The van der Waals surface area contributed by atoms with Gasteiger partial charge in [0.1, 0.15) is 11.9 Å². The Hall–Kier alpha value is -1.82. The van der Waals surface area contributed by atoms with Crippen LogP contribution in [0.3, 0.4) is 0 Å². The van der Waals surface area contributed by atoms with E-state index in [2.05, 4.69) is 24.3 Å². The first-order valence-corrected chi connectivity index (χ1v) is 8.72. The van der Waals surface area contributed by atoms with Crippen molar-refractivity contribution in [1.82, 2.24) is 10.3 Å². The first-order chi connectivity index (χ1) is 10.7. The van der Waals surface area contributed by atoms with Crippen molar-refractivity contribution in [2.75, 3.05) is 5.75 Å². The minimum atomic E-state index is -0.113. The van der Waals surface area contributed by atoms with Crippen LogP contribution < -0.4 is 15.9 Å². The molecule has 0 radical (unpaired) electrons. The molecule has 1 amide bonds. The molecule has 2 heterocycles. The van der Waals surface area contributed by atoms with Gasteiger partial charge in [0.05, 0.1) is 5.36 Å². The Bertz CT molecular complexity index is 728. The van der Waals surface area contributed by atoms with E-state index in [9.17, 15) is 4.79 Å². The zero-order valence-corrected chi connectivity index (χ0v) is 13.7. The Morgan fingerprint density at radius 3 is 2.91 bits per heavy atom. The Labute approximate surface area is 134 Å². The second-order valence-electron chi connectivity index (χ2n) is 5.29. The fraction of sp³-hybridized carbons (Fsp3) is 0.438. The second-order valence-corrected chi connectivity index (χ2v) is 6.37. The standard InChI is InChI=1S/C16H20N4OS/c1-3-5-10-22-16-18-15(21)14-11-8-6-7-9-12(11)17-13(4-2)20(14)19-16/h6-9,13H,3-5,10H2,1-2H3,(H,18,19,21). The fourth-order valence-corrected chi connectivity index (χ4v) is 3.48. The number of hydrazone groups is 1. The largest absolute Gasteiger partial charge is 0.298 e. The van der Waals surface area contributed by atoms with Crippen LogP contribution in [0.15, 0.2) is 34.4 Å². The Morgan fingerprint density at radius 1 is 1.32 bits per heavy atom. The molecular formula is C16H20N4OS. The average molecular weight is 316 g/mol. The molecule has 0 spiro atoms. The highest BCUT2D eigenvalue weighted by atomic mass is 32.2. The van der Waals surface area contributed by atoms with Gasteiger partial charge in [-0.3, -0.25) is 15.1 Å². The number of amidine groups is 1. The van der Waals surface area contributed by atoms with Crippen molar-refractivity contribution in [1.29, 1.82) is 0 Å². The van der Waals surface area contributed by atoms with E-state index in [4.69, 9.17) is 4.99 Å². The van der Waals surface area contributed by atoms with E-state index in [0.717, 1.165) is 35.6 Å². The van der Waals surface area contributed by atoms with Crippen LogP contribution in [-0.2, 0) is 4.79 Å². The number of hydrogen-bond acceptors (Lipinski definition) is 5. The Balaban J connectivity index is 2.03. The summed E-state index contributed by atoms with van der Waals surface area (Å²) in [5.41, 5.74) is 0.609. The van der Waals surface area contributed by atoms with Gasteiger partial charge in [-0.05, 0) is 18.9 Å². The van der Waals surface area contributed by atoms with Gasteiger partial charge < -0.3 is 0 Å². The lowest BCUT2D eigenvalue weighted by Crippen LogP contribution is -2.52. The van der Waals surface area contributed by atoms with Gasteiger partial charge in [0.2, 0.25) is 0 Å². The van der Waals surface area contributed by atoms with E-state index in [1.54, 1.807) is 16.8 Å². The van der Waals surface area contributed by atoms with Gasteiger partial charge in [0, 0.05) is 11.0 Å². The highest BCUT2D eigenvalue weighted by Crippen LogP contribution is 2.22. The van der Waals surface area contributed by atoms with Crippen LogP contribution in [0.25, 0.3) is 5.70 Å². The van der Waals surface area contributed by atoms with Crippen LogP contribution in [0.2, 0.25) is 0 Å². The molecule has 2 aliphatic rings. The summed E-state index contributed by atoms with van der Waals surface area (Å²) in [5.74, 6) is 0.873. The number of unbranched alkanes of at least 4 members (excludes halogenated alkanes) is 1. The molecule has 1 unspecified atom stereocenters. The topological polar surface area (TPSA) is 57.1 Å². The van der Waals surface area contributed by atoms with Crippen LogP contribution in [0.5, 0.6) is 0 Å². The summed E-state index contributed by atoms with van der Waals surface area (Å²) in [6.45, 7) is 4.22. The highest BCUT2D eigenvalue weighted by Gasteiger charge is 2.32. The van der Waals surface area contributed by atoms with Gasteiger partial charge in [-0.25, -0.2) is 5.01 Å². The summed E-state index contributed by atoms with van der Waals surface area (Å²) >= 11 is 1.60. The molecule has 6 heteroatoms. The minimum absolute atomic E-state index is 0.0881. The molecule has 1 aromatic rings. The molecule has 0 saturated carbocycles. The maximum Gasteiger partial charge on any atom is 0.276 e. The van der Waals surface area contributed by atoms with Gasteiger partial charge in [-0.1, -0.05) is 50.2 Å². The van der Waals surface area contributed by atoms with Crippen molar-refractivity contribution in [3.8, 4) is 0 Å². The lowest BCUT2D eigenvalue weighted by molar-refractivity contribution is -0.116. The Kier molecular flexibility index (Phi) is 4.47. The molecule has 1 N–H and O–H groups in total. The first kappa shape index (κ1) is 15.1. The molecule has 22 heavy (non-hydrogen) atoms. The molecule has 0 aliphatic carbocycles. The maximum atomic E-state index is 12.6. The molecule has 0 saturated heterocycles.